The summed E-state index contributed by atoms with van der Waals surface area (Å²) in [5.41, 5.74) is 2.66. The molecule has 112 valence electrons. The topological polar surface area (TPSA) is 40.5 Å². The molecule has 1 heterocycles. The van der Waals surface area contributed by atoms with Crippen molar-refractivity contribution in [3.05, 3.63) is 34.9 Å². The van der Waals surface area contributed by atoms with Gasteiger partial charge in [-0.05, 0) is 49.9 Å². The minimum atomic E-state index is 0.0770. The predicted molar refractivity (Wildman–Crippen MR) is 84.0 cm³/mol. The monoisotopic (exact) mass is 285 g/mol. The van der Waals surface area contributed by atoms with Crippen molar-refractivity contribution in [2.75, 3.05) is 13.2 Å². The van der Waals surface area contributed by atoms with Crippen LogP contribution in [0.25, 0.3) is 0 Å². The molecule has 0 aliphatic carbocycles. The zero-order valence-corrected chi connectivity index (χ0v) is 13.0. The first-order chi connectivity index (χ1) is 10.0. The first kappa shape index (κ1) is 15.6. The number of amides is 1. The molecule has 1 N–H and O–H groups in total. The van der Waals surface area contributed by atoms with Gasteiger partial charge in [0.2, 0.25) is 0 Å². The van der Waals surface area contributed by atoms with Gasteiger partial charge in [0, 0.05) is 30.1 Å². The molecule has 1 saturated heterocycles. The summed E-state index contributed by atoms with van der Waals surface area (Å²) in [7, 11) is 0. The number of benzene rings is 1. The van der Waals surface area contributed by atoms with Crippen molar-refractivity contribution >= 4 is 5.91 Å². The van der Waals surface area contributed by atoms with E-state index in [9.17, 15) is 4.79 Å². The smallest absolute Gasteiger partial charge is 0.254 e. The van der Waals surface area contributed by atoms with Gasteiger partial charge in [-0.15, -0.1) is 0 Å². The van der Waals surface area contributed by atoms with Crippen molar-refractivity contribution in [1.82, 2.24) is 4.90 Å². The van der Waals surface area contributed by atoms with Crippen LogP contribution in [0.15, 0.2) is 18.2 Å². The van der Waals surface area contributed by atoms with Crippen molar-refractivity contribution in [3.8, 4) is 11.8 Å². The second-order valence-corrected chi connectivity index (χ2v) is 5.95. The average molecular weight is 285 g/mol. The molecule has 21 heavy (non-hydrogen) atoms. The minimum Gasteiger partial charge on any atom is -0.395 e. The third kappa shape index (κ3) is 3.65. The first-order valence-corrected chi connectivity index (χ1v) is 7.54. The molecule has 1 aliphatic heterocycles. The second kappa shape index (κ2) is 6.78. The molecule has 2 rings (SSSR count). The quantitative estimate of drug-likeness (QED) is 0.849. The van der Waals surface area contributed by atoms with Gasteiger partial charge in [-0.1, -0.05) is 18.8 Å². The Morgan fingerprint density at radius 3 is 2.76 bits per heavy atom. The molecule has 0 aromatic heterocycles. The zero-order valence-electron chi connectivity index (χ0n) is 13.0. The summed E-state index contributed by atoms with van der Waals surface area (Å²) >= 11 is 0. The summed E-state index contributed by atoms with van der Waals surface area (Å²) in [4.78, 5) is 14.6. The Kier molecular flexibility index (Phi) is 5.03. The van der Waals surface area contributed by atoms with Crippen LogP contribution in [0.1, 0.15) is 48.2 Å². The van der Waals surface area contributed by atoms with Crippen LogP contribution in [0.3, 0.4) is 0 Å². The number of likely N-dealkylation sites (tertiary alicyclic amines) is 1. The summed E-state index contributed by atoms with van der Waals surface area (Å²) in [6.45, 7) is 7.19. The normalized spacial score (nSPS) is 21.0. The van der Waals surface area contributed by atoms with E-state index in [1.165, 1.54) is 0 Å². The van der Waals surface area contributed by atoms with Crippen molar-refractivity contribution in [2.45, 2.75) is 39.7 Å². The van der Waals surface area contributed by atoms with E-state index < -0.39 is 0 Å². The maximum atomic E-state index is 12.6. The number of nitrogens with zero attached hydrogens (tertiary/aromatic N) is 1. The molecule has 0 bridgehead atoms. The summed E-state index contributed by atoms with van der Waals surface area (Å²) in [5.74, 6) is 6.64. The Morgan fingerprint density at radius 2 is 2.19 bits per heavy atom. The number of carbonyl (C=O) groups is 1. The average Bonchev–Trinajstić information content (AvgIpc) is 2.79. The molecule has 0 spiro atoms. The number of aliphatic hydroxyl groups is 1. The molecule has 1 amide bonds. The first-order valence-electron chi connectivity index (χ1n) is 7.54. The van der Waals surface area contributed by atoms with E-state index in [1.54, 1.807) is 0 Å². The van der Waals surface area contributed by atoms with E-state index >= 15 is 0 Å². The number of rotatable bonds is 2. The van der Waals surface area contributed by atoms with E-state index in [2.05, 4.69) is 25.7 Å². The van der Waals surface area contributed by atoms with Crippen molar-refractivity contribution in [2.24, 2.45) is 5.92 Å². The number of hydrogen-bond donors (Lipinski definition) is 1. The van der Waals surface area contributed by atoms with Crippen molar-refractivity contribution < 1.29 is 9.90 Å². The van der Waals surface area contributed by atoms with Crippen molar-refractivity contribution in [1.29, 1.82) is 0 Å². The van der Waals surface area contributed by atoms with Crippen LogP contribution in [0, 0.1) is 24.7 Å². The van der Waals surface area contributed by atoms with Crippen LogP contribution in [0.4, 0.5) is 0 Å². The SMILES string of the molecule is Cc1cc(C(=O)N2CC(C)CC2C)ccc1C#CCCO. The highest BCUT2D eigenvalue weighted by Crippen LogP contribution is 2.24. The highest BCUT2D eigenvalue weighted by atomic mass is 16.2. The van der Waals surface area contributed by atoms with E-state index in [4.69, 9.17) is 5.11 Å². The summed E-state index contributed by atoms with van der Waals surface area (Å²) in [5, 5.41) is 8.75. The Hall–Kier alpha value is -1.79. The molecule has 2 unspecified atom stereocenters. The third-order valence-corrected chi connectivity index (χ3v) is 3.98. The maximum absolute atomic E-state index is 12.6. The number of aryl methyl sites for hydroxylation is 1. The lowest BCUT2D eigenvalue weighted by Crippen LogP contribution is -2.34. The summed E-state index contributed by atoms with van der Waals surface area (Å²) < 4.78 is 0. The van der Waals surface area contributed by atoms with Gasteiger partial charge >= 0.3 is 0 Å². The van der Waals surface area contributed by atoms with Gasteiger partial charge in [-0.2, -0.15) is 0 Å². The molecule has 0 radical (unpaired) electrons. The molecule has 3 nitrogen and oxygen atoms in total. The van der Waals surface area contributed by atoms with Gasteiger partial charge in [0.15, 0.2) is 0 Å². The number of carbonyl (C=O) groups excluding carboxylic acids is 1. The Balaban J connectivity index is 2.17. The lowest BCUT2D eigenvalue weighted by Gasteiger charge is -2.21. The van der Waals surface area contributed by atoms with Crippen LogP contribution >= 0.6 is 0 Å². The lowest BCUT2D eigenvalue weighted by atomic mass is 10.0. The Labute approximate surface area is 127 Å². The lowest BCUT2D eigenvalue weighted by molar-refractivity contribution is 0.0743. The van der Waals surface area contributed by atoms with E-state index in [1.807, 2.05) is 30.0 Å². The molecule has 2 atom stereocenters. The van der Waals surface area contributed by atoms with Gasteiger partial charge < -0.3 is 10.0 Å². The zero-order chi connectivity index (χ0) is 15.4. The van der Waals surface area contributed by atoms with Gasteiger partial charge in [0.05, 0.1) is 6.61 Å². The fourth-order valence-electron chi connectivity index (χ4n) is 2.90. The fourth-order valence-corrected chi connectivity index (χ4v) is 2.90. The molecule has 1 fully saturated rings. The predicted octanol–water partition coefficient (Wildman–Crippen LogP) is 2.60. The van der Waals surface area contributed by atoms with E-state index in [-0.39, 0.29) is 12.5 Å². The highest BCUT2D eigenvalue weighted by Gasteiger charge is 2.30. The third-order valence-electron chi connectivity index (χ3n) is 3.98. The van der Waals surface area contributed by atoms with Gasteiger partial charge in [-0.25, -0.2) is 0 Å². The molecule has 1 aliphatic rings. The highest BCUT2D eigenvalue weighted by molar-refractivity contribution is 5.95. The number of aliphatic hydroxyl groups excluding tert-OH is 1. The molecule has 1 aromatic carbocycles. The second-order valence-electron chi connectivity index (χ2n) is 5.95. The van der Waals surface area contributed by atoms with E-state index in [0.29, 0.717) is 18.4 Å². The van der Waals surface area contributed by atoms with Crippen molar-refractivity contribution in [3.63, 3.8) is 0 Å². The van der Waals surface area contributed by atoms with Crippen LogP contribution in [0.2, 0.25) is 0 Å². The van der Waals surface area contributed by atoms with Gasteiger partial charge in [0.25, 0.3) is 5.91 Å². The van der Waals surface area contributed by atoms with Gasteiger partial charge in [0.1, 0.15) is 0 Å². The molecule has 3 heteroatoms. The van der Waals surface area contributed by atoms with Gasteiger partial charge in [-0.3, -0.25) is 4.79 Å². The minimum absolute atomic E-state index is 0.0770. The standard InChI is InChI=1S/C18H23NO2/c1-13-10-15(3)19(12-13)18(21)17-8-7-16(14(2)11-17)6-4-5-9-20/h7-8,11,13,15,20H,5,9-10,12H2,1-3H3. The summed E-state index contributed by atoms with van der Waals surface area (Å²) in [6, 6.07) is 5.99. The largest absolute Gasteiger partial charge is 0.395 e. The van der Waals surface area contributed by atoms with Crippen LogP contribution in [-0.4, -0.2) is 35.1 Å². The molecule has 1 aromatic rings. The molecule has 0 saturated carbocycles. The Morgan fingerprint density at radius 1 is 1.43 bits per heavy atom. The molecular weight excluding hydrogens is 262 g/mol. The maximum Gasteiger partial charge on any atom is 0.254 e. The molecular formula is C18H23NO2. The van der Waals surface area contributed by atoms with Crippen LogP contribution in [0.5, 0.6) is 0 Å². The fraction of sp³-hybridized carbons (Fsp3) is 0.500. The summed E-state index contributed by atoms with van der Waals surface area (Å²) in [6.07, 6.45) is 1.55. The van der Waals surface area contributed by atoms with E-state index in [0.717, 1.165) is 29.7 Å². The van der Waals surface area contributed by atoms with Crippen LogP contribution < -0.4 is 0 Å². The number of hydrogen-bond acceptors (Lipinski definition) is 2. The van der Waals surface area contributed by atoms with Crippen LogP contribution in [-0.2, 0) is 0 Å². The Bertz CT molecular complexity index is 583.